The number of methoxy groups -OCH3 is 1. The van der Waals surface area contributed by atoms with Gasteiger partial charge in [-0.3, -0.25) is 4.90 Å². The molecule has 1 aromatic heterocycles. The highest BCUT2D eigenvalue weighted by Gasteiger charge is 2.26. The molecule has 1 aliphatic rings. The van der Waals surface area contributed by atoms with Gasteiger partial charge in [0, 0.05) is 45.0 Å². The molecule has 0 bridgehead atoms. The monoisotopic (exact) mass is 322 g/mol. The van der Waals surface area contributed by atoms with Crippen molar-refractivity contribution in [2.45, 2.75) is 12.6 Å². The Morgan fingerprint density at radius 2 is 2.18 bits per heavy atom. The van der Waals surface area contributed by atoms with E-state index in [1.54, 1.807) is 7.11 Å². The van der Waals surface area contributed by atoms with E-state index in [0.29, 0.717) is 6.04 Å². The number of aryl methyl sites for hydroxylation is 1. The second kappa shape index (κ2) is 7.63. The Labute approximate surface area is 137 Å². The summed E-state index contributed by atoms with van der Waals surface area (Å²) in [6.45, 7) is 3.89. The molecule has 2 heterocycles. The van der Waals surface area contributed by atoms with Gasteiger partial charge >= 0.3 is 0 Å². The molecule has 120 valence electrons. The predicted octanol–water partition coefficient (Wildman–Crippen LogP) is 2.00. The maximum absolute atomic E-state index is 5.53. The van der Waals surface area contributed by atoms with Gasteiger partial charge in [0.15, 0.2) is 0 Å². The van der Waals surface area contributed by atoms with Crippen LogP contribution in [-0.4, -0.2) is 41.2 Å². The van der Waals surface area contributed by atoms with Gasteiger partial charge in [0.2, 0.25) is 0 Å². The van der Waals surface area contributed by atoms with Gasteiger partial charge in [0.05, 0.1) is 25.2 Å². The van der Waals surface area contributed by atoms with Gasteiger partial charge in [-0.2, -0.15) is 0 Å². The molecule has 1 aliphatic heterocycles. The summed E-state index contributed by atoms with van der Waals surface area (Å²) >= 11 is 0. The second-order valence-electron chi connectivity index (χ2n) is 5.43. The van der Waals surface area contributed by atoms with Crippen molar-refractivity contribution in [1.29, 1.82) is 0 Å². The van der Waals surface area contributed by atoms with Crippen LogP contribution in [0.25, 0.3) is 0 Å². The number of halogens is 1. The molecule has 5 nitrogen and oxygen atoms in total. The normalized spacial score (nSPS) is 18.7. The zero-order chi connectivity index (χ0) is 14.7. The minimum absolute atomic E-state index is 0. The van der Waals surface area contributed by atoms with Crippen molar-refractivity contribution in [3.63, 3.8) is 0 Å². The molecule has 22 heavy (non-hydrogen) atoms. The number of ether oxygens (including phenoxy) is 1. The lowest BCUT2D eigenvalue weighted by Gasteiger charge is -2.37. The number of nitrogens with one attached hydrogen (secondary N) is 1. The van der Waals surface area contributed by atoms with E-state index in [4.69, 9.17) is 4.74 Å². The number of rotatable bonds is 4. The molecule has 1 aromatic carbocycles. The highest BCUT2D eigenvalue weighted by atomic mass is 35.5. The Hall–Kier alpha value is -1.56. The van der Waals surface area contributed by atoms with Crippen LogP contribution in [0.5, 0.6) is 5.75 Å². The predicted molar refractivity (Wildman–Crippen MR) is 89.5 cm³/mol. The molecule has 1 saturated heterocycles. The molecule has 0 spiro atoms. The van der Waals surface area contributed by atoms with E-state index in [2.05, 4.69) is 31.9 Å². The van der Waals surface area contributed by atoms with Gasteiger partial charge < -0.3 is 14.6 Å². The summed E-state index contributed by atoms with van der Waals surface area (Å²) < 4.78 is 7.62. The first kappa shape index (κ1) is 16.8. The van der Waals surface area contributed by atoms with Gasteiger partial charge in [-0.25, -0.2) is 4.98 Å². The van der Waals surface area contributed by atoms with Gasteiger partial charge in [0.25, 0.3) is 0 Å². The van der Waals surface area contributed by atoms with Crippen molar-refractivity contribution in [3.8, 4) is 5.75 Å². The SMILES string of the molecule is COc1ccccc1C1CNCCN1Cc1cncn1C.Cl. The first-order valence-electron chi connectivity index (χ1n) is 7.32. The van der Waals surface area contributed by atoms with Crippen LogP contribution in [0.3, 0.4) is 0 Å². The van der Waals surface area contributed by atoms with Gasteiger partial charge in [-0.1, -0.05) is 18.2 Å². The van der Waals surface area contributed by atoms with Crippen molar-refractivity contribution in [3.05, 3.63) is 48.0 Å². The van der Waals surface area contributed by atoms with E-state index < -0.39 is 0 Å². The molecule has 0 amide bonds. The molecular formula is C16H23ClN4O. The fourth-order valence-electron chi connectivity index (χ4n) is 2.93. The summed E-state index contributed by atoms with van der Waals surface area (Å²) in [4.78, 5) is 6.71. The fraction of sp³-hybridized carbons (Fsp3) is 0.438. The lowest BCUT2D eigenvalue weighted by Crippen LogP contribution is -2.45. The number of para-hydroxylation sites is 1. The van der Waals surface area contributed by atoms with E-state index in [9.17, 15) is 0 Å². The molecular weight excluding hydrogens is 300 g/mol. The third-order valence-corrected chi connectivity index (χ3v) is 4.13. The van der Waals surface area contributed by atoms with Crippen LogP contribution in [0.15, 0.2) is 36.8 Å². The molecule has 3 rings (SSSR count). The van der Waals surface area contributed by atoms with Crippen molar-refractivity contribution in [1.82, 2.24) is 19.8 Å². The minimum atomic E-state index is 0. The van der Waals surface area contributed by atoms with Crippen LogP contribution in [0.4, 0.5) is 0 Å². The van der Waals surface area contributed by atoms with Crippen molar-refractivity contribution in [2.24, 2.45) is 7.05 Å². The van der Waals surface area contributed by atoms with Crippen LogP contribution < -0.4 is 10.1 Å². The number of imidazole rings is 1. The summed E-state index contributed by atoms with van der Waals surface area (Å²) in [5.41, 5.74) is 2.48. The van der Waals surface area contributed by atoms with Crippen molar-refractivity contribution >= 4 is 12.4 Å². The summed E-state index contributed by atoms with van der Waals surface area (Å²) in [5.74, 6) is 0.959. The smallest absolute Gasteiger partial charge is 0.123 e. The average molecular weight is 323 g/mol. The zero-order valence-corrected chi connectivity index (χ0v) is 13.8. The molecule has 1 N–H and O–H groups in total. The zero-order valence-electron chi connectivity index (χ0n) is 13.0. The Morgan fingerprint density at radius 1 is 1.36 bits per heavy atom. The Bertz CT molecular complexity index is 601. The first-order valence-corrected chi connectivity index (χ1v) is 7.32. The topological polar surface area (TPSA) is 42.3 Å². The Morgan fingerprint density at radius 3 is 2.91 bits per heavy atom. The quantitative estimate of drug-likeness (QED) is 0.935. The lowest BCUT2D eigenvalue weighted by molar-refractivity contribution is 0.148. The van der Waals surface area contributed by atoms with E-state index in [1.165, 1.54) is 11.3 Å². The largest absolute Gasteiger partial charge is 0.496 e. The number of benzene rings is 1. The number of piperazine rings is 1. The number of hydrogen-bond acceptors (Lipinski definition) is 4. The second-order valence-corrected chi connectivity index (χ2v) is 5.43. The third kappa shape index (κ3) is 3.43. The Kier molecular flexibility index (Phi) is 5.83. The van der Waals surface area contributed by atoms with Gasteiger partial charge in [0.1, 0.15) is 5.75 Å². The number of nitrogens with zero attached hydrogens (tertiary/aromatic N) is 3. The van der Waals surface area contributed by atoms with Crippen LogP contribution >= 0.6 is 12.4 Å². The third-order valence-electron chi connectivity index (χ3n) is 4.13. The summed E-state index contributed by atoms with van der Waals surface area (Å²) in [7, 11) is 3.78. The molecule has 1 unspecified atom stereocenters. The maximum Gasteiger partial charge on any atom is 0.123 e. The fourth-order valence-corrected chi connectivity index (χ4v) is 2.93. The molecule has 1 atom stereocenters. The minimum Gasteiger partial charge on any atom is -0.496 e. The molecule has 6 heteroatoms. The van der Waals surface area contributed by atoms with Gasteiger partial charge in [-0.05, 0) is 6.07 Å². The van der Waals surface area contributed by atoms with Gasteiger partial charge in [-0.15, -0.1) is 12.4 Å². The van der Waals surface area contributed by atoms with Crippen LogP contribution in [0.2, 0.25) is 0 Å². The maximum atomic E-state index is 5.53. The van der Waals surface area contributed by atoms with E-state index in [1.807, 2.05) is 31.7 Å². The summed E-state index contributed by atoms with van der Waals surface area (Å²) in [6, 6.07) is 8.61. The molecule has 0 aliphatic carbocycles. The molecule has 0 saturated carbocycles. The Balaban J connectivity index is 0.00000176. The summed E-state index contributed by atoms with van der Waals surface area (Å²) in [5, 5.41) is 3.49. The first-order chi connectivity index (χ1) is 10.3. The highest BCUT2D eigenvalue weighted by molar-refractivity contribution is 5.85. The molecule has 0 radical (unpaired) electrons. The van der Waals surface area contributed by atoms with Crippen molar-refractivity contribution in [2.75, 3.05) is 26.7 Å². The van der Waals surface area contributed by atoms with Crippen LogP contribution in [-0.2, 0) is 13.6 Å². The average Bonchev–Trinajstić information content (AvgIpc) is 2.93. The summed E-state index contributed by atoms with van der Waals surface area (Å²) in [6.07, 6.45) is 3.80. The van der Waals surface area contributed by atoms with E-state index in [-0.39, 0.29) is 12.4 Å². The van der Waals surface area contributed by atoms with Crippen LogP contribution in [0, 0.1) is 0 Å². The van der Waals surface area contributed by atoms with E-state index >= 15 is 0 Å². The van der Waals surface area contributed by atoms with Crippen LogP contribution in [0.1, 0.15) is 17.3 Å². The highest BCUT2D eigenvalue weighted by Crippen LogP contribution is 2.30. The number of aromatic nitrogens is 2. The lowest BCUT2D eigenvalue weighted by atomic mass is 10.0. The van der Waals surface area contributed by atoms with E-state index in [0.717, 1.165) is 31.9 Å². The number of hydrogen-bond donors (Lipinski definition) is 1. The standard InChI is InChI=1S/C16H22N4O.ClH/c1-19-12-18-9-13(19)11-20-8-7-17-10-15(20)14-5-3-4-6-16(14)21-2;/h3-6,9,12,15,17H,7-8,10-11H2,1-2H3;1H. The molecule has 2 aromatic rings. The van der Waals surface area contributed by atoms with Crippen molar-refractivity contribution < 1.29 is 4.74 Å². The molecule has 1 fully saturated rings.